The lowest BCUT2D eigenvalue weighted by atomic mass is 10.1. The van der Waals surface area contributed by atoms with E-state index in [1.807, 2.05) is 42.5 Å². The quantitative estimate of drug-likeness (QED) is 0.704. The van der Waals surface area contributed by atoms with Crippen LogP contribution in [-0.2, 0) is 0 Å². The summed E-state index contributed by atoms with van der Waals surface area (Å²) in [6, 6.07) is 9.38. The van der Waals surface area contributed by atoms with Gasteiger partial charge in [-0.15, -0.1) is 0 Å². The third kappa shape index (κ3) is 2.02. The summed E-state index contributed by atoms with van der Waals surface area (Å²) in [5, 5.41) is 2.85. The highest BCUT2D eigenvalue weighted by Crippen LogP contribution is 2.24. The fraction of sp³-hybridized carbons (Fsp3) is 0.167. The van der Waals surface area contributed by atoms with E-state index in [2.05, 4.69) is 5.32 Å². The van der Waals surface area contributed by atoms with Crippen LogP contribution >= 0.6 is 0 Å². The first-order chi connectivity index (χ1) is 6.79. The molecular formula is C12H12FN. The Hall–Kier alpha value is -1.57. The van der Waals surface area contributed by atoms with Gasteiger partial charge in [0.15, 0.2) is 0 Å². The zero-order valence-corrected chi connectivity index (χ0v) is 7.78. The first kappa shape index (κ1) is 9.00. The minimum Gasteiger partial charge on any atom is -0.350 e. The molecule has 0 saturated heterocycles. The molecule has 0 bridgehead atoms. The van der Waals surface area contributed by atoms with E-state index < -0.39 is 5.79 Å². The number of allylic oxidation sites excluding steroid dienone is 2. The van der Waals surface area contributed by atoms with Crippen LogP contribution in [0.3, 0.4) is 0 Å². The van der Waals surface area contributed by atoms with E-state index in [4.69, 9.17) is 0 Å². The van der Waals surface area contributed by atoms with Crippen LogP contribution in [0.1, 0.15) is 6.42 Å². The Morgan fingerprint density at radius 1 is 1.14 bits per heavy atom. The SMILES string of the molecule is F[C@]1(Nc2ccccc2)C=CC=CC1. The maximum absolute atomic E-state index is 14.0. The monoisotopic (exact) mass is 189 g/mol. The zero-order valence-electron chi connectivity index (χ0n) is 7.78. The molecule has 0 fully saturated rings. The second kappa shape index (κ2) is 3.66. The average Bonchev–Trinajstić information content (AvgIpc) is 2.19. The third-order valence-corrected chi connectivity index (χ3v) is 2.15. The summed E-state index contributed by atoms with van der Waals surface area (Å²) in [5.74, 6) is -1.43. The van der Waals surface area contributed by atoms with E-state index >= 15 is 0 Å². The predicted octanol–water partition coefficient (Wildman–Crippen LogP) is 3.28. The highest BCUT2D eigenvalue weighted by atomic mass is 19.1. The van der Waals surface area contributed by atoms with Gasteiger partial charge in [-0.2, -0.15) is 0 Å². The highest BCUT2D eigenvalue weighted by molar-refractivity contribution is 5.46. The Balaban J connectivity index is 2.11. The number of rotatable bonds is 2. The second-order valence-corrected chi connectivity index (χ2v) is 3.34. The summed E-state index contributed by atoms with van der Waals surface area (Å²) in [7, 11) is 0. The molecule has 0 unspecified atom stereocenters. The van der Waals surface area contributed by atoms with Crippen LogP contribution in [-0.4, -0.2) is 5.79 Å². The van der Waals surface area contributed by atoms with Crippen molar-refractivity contribution in [2.45, 2.75) is 12.2 Å². The van der Waals surface area contributed by atoms with Crippen LogP contribution < -0.4 is 5.32 Å². The molecule has 0 radical (unpaired) electrons. The van der Waals surface area contributed by atoms with Crippen molar-refractivity contribution in [2.75, 3.05) is 5.32 Å². The van der Waals surface area contributed by atoms with Gasteiger partial charge in [0.1, 0.15) is 0 Å². The van der Waals surface area contributed by atoms with Crippen LogP contribution in [0.25, 0.3) is 0 Å². The van der Waals surface area contributed by atoms with Gasteiger partial charge >= 0.3 is 0 Å². The van der Waals surface area contributed by atoms with Crippen LogP contribution in [0.2, 0.25) is 0 Å². The third-order valence-electron chi connectivity index (χ3n) is 2.15. The average molecular weight is 189 g/mol. The van der Waals surface area contributed by atoms with E-state index in [9.17, 15) is 4.39 Å². The Morgan fingerprint density at radius 2 is 1.93 bits per heavy atom. The van der Waals surface area contributed by atoms with Gasteiger partial charge in [0.25, 0.3) is 0 Å². The van der Waals surface area contributed by atoms with Crippen LogP contribution in [0.5, 0.6) is 0 Å². The molecule has 0 aliphatic heterocycles. The summed E-state index contributed by atoms with van der Waals surface area (Å²) in [4.78, 5) is 0. The number of para-hydroxylation sites is 1. The molecule has 1 atom stereocenters. The lowest BCUT2D eigenvalue weighted by Crippen LogP contribution is -2.30. The fourth-order valence-corrected chi connectivity index (χ4v) is 1.45. The van der Waals surface area contributed by atoms with Crippen LogP contribution in [0.4, 0.5) is 10.1 Å². The molecule has 14 heavy (non-hydrogen) atoms. The molecule has 0 spiro atoms. The molecule has 1 aromatic carbocycles. The standard InChI is InChI=1S/C12H12FN/c13-12(9-5-2-6-10-12)14-11-7-3-1-4-8-11/h1-9,14H,10H2/t12-/m0/s1. The minimum atomic E-state index is -1.43. The molecular weight excluding hydrogens is 177 g/mol. The molecule has 1 nitrogen and oxygen atoms in total. The number of halogens is 1. The molecule has 0 heterocycles. The minimum absolute atomic E-state index is 0.373. The van der Waals surface area contributed by atoms with Gasteiger partial charge < -0.3 is 5.32 Å². The van der Waals surface area contributed by atoms with Gasteiger partial charge in [0.2, 0.25) is 5.79 Å². The summed E-state index contributed by atoms with van der Waals surface area (Å²) in [5.41, 5.74) is 0.801. The van der Waals surface area contributed by atoms with Crippen molar-refractivity contribution in [1.82, 2.24) is 0 Å². The summed E-state index contributed by atoms with van der Waals surface area (Å²) < 4.78 is 14.0. The van der Waals surface area contributed by atoms with Gasteiger partial charge in [-0.3, -0.25) is 0 Å². The van der Waals surface area contributed by atoms with Gasteiger partial charge in [-0.05, 0) is 18.2 Å². The van der Waals surface area contributed by atoms with Gasteiger partial charge in [-0.1, -0.05) is 36.4 Å². The van der Waals surface area contributed by atoms with E-state index in [1.165, 1.54) is 0 Å². The molecule has 1 aromatic rings. The second-order valence-electron chi connectivity index (χ2n) is 3.34. The number of hydrogen-bond donors (Lipinski definition) is 1. The lowest BCUT2D eigenvalue weighted by molar-refractivity contribution is 0.271. The number of hydrogen-bond acceptors (Lipinski definition) is 1. The molecule has 1 aliphatic carbocycles. The van der Waals surface area contributed by atoms with Gasteiger partial charge in [0.05, 0.1) is 0 Å². The maximum Gasteiger partial charge on any atom is 0.203 e. The normalized spacial score (nSPS) is 24.9. The van der Waals surface area contributed by atoms with Crippen molar-refractivity contribution in [3.8, 4) is 0 Å². The molecule has 0 amide bonds. The zero-order chi connectivity index (χ0) is 9.86. The number of anilines is 1. The number of benzene rings is 1. The summed E-state index contributed by atoms with van der Waals surface area (Å²) in [6.07, 6.45) is 7.30. The van der Waals surface area contributed by atoms with E-state index in [-0.39, 0.29) is 0 Å². The van der Waals surface area contributed by atoms with Crippen molar-refractivity contribution in [2.24, 2.45) is 0 Å². The van der Waals surface area contributed by atoms with E-state index in [0.29, 0.717) is 6.42 Å². The molecule has 0 saturated carbocycles. The first-order valence-electron chi connectivity index (χ1n) is 4.65. The van der Waals surface area contributed by atoms with Crippen molar-refractivity contribution in [3.63, 3.8) is 0 Å². The van der Waals surface area contributed by atoms with Crippen molar-refractivity contribution in [3.05, 3.63) is 54.6 Å². The molecule has 1 aliphatic rings. The van der Waals surface area contributed by atoms with Gasteiger partial charge in [0, 0.05) is 12.1 Å². The Labute approximate surface area is 83.0 Å². The van der Waals surface area contributed by atoms with Crippen LogP contribution in [0, 0.1) is 0 Å². The smallest absolute Gasteiger partial charge is 0.203 e. The highest BCUT2D eigenvalue weighted by Gasteiger charge is 2.25. The van der Waals surface area contributed by atoms with Gasteiger partial charge in [-0.25, -0.2) is 4.39 Å². The van der Waals surface area contributed by atoms with Crippen molar-refractivity contribution < 1.29 is 4.39 Å². The molecule has 0 aromatic heterocycles. The molecule has 72 valence electrons. The Kier molecular flexibility index (Phi) is 2.35. The summed E-state index contributed by atoms with van der Waals surface area (Å²) in [6.45, 7) is 0. The lowest BCUT2D eigenvalue weighted by Gasteiger charge is -2.24. The maximum atomic E-state index is 14.0. The number of alkyl halides is 1. The van der Waals surface area contributed by atoms with Crippen molar-refractivity contribution >= 4 is 5.69 Å². The Bertz CT molecular complexity index is 356. The van der Waals surface area contributed by atoms with E-state index in [0.717, 1.165) is 5.69 Å². The molecule has 1 N–H and O–H groups in total. The first-order valence-corrected chi connectivity index (χ1v) is 4.65. The van der Waals surface area contributed by atoms with E-state index in [1.54, 1.807) is 12.2 Å². The van der Waals surface area contributed by atoms with Crippen molar-refractivity contribution in [1.29, 1.82) is 0 Å². The largest absolute Gasteiger partial charge is 0.350 e. The molecule has 2 heteroatoms. The molecule has 2 rings (SSSR count). The predicted molar refractivity (Wildman–Crippen MR) is 56.8 cm³/mol. The fourth-order valence-electron chi connectivity index (χ4n) is 1.45. The number of nitrogens with one attached hydrogen (secondary N) is 1. The Morgan fingerprint density at radius 3 is 2.57 bits per heavy atom. The topological polar surface area (TPSA) is 12.0 Å². The van der Waals surface area contributed by atoms with Crippen LogP contribution in [0.15, 0.2) is 54.6 Å². The summed E-state index contributed by atoms with van der Waals surface area (Å²) >= 11 is 0.